The van der Waals surface area contributed by atoms with Crippen molar-refractivity contribution in [1.29, 1.82) is 5.26 Å². The van der Waals surface area contributed by atoms with Gasteiger partial charge >= 0.3 is 19.4 Å². The lowest BCUT2D eigenvalue weighted by Gasteiger charge is -2.64. The van der Waals surface area contributed by atoms with Gasteiger partial charge in [-0.15, -0.1) is 0 Å². The van der Waals surface area contributed by atoms with Crippen LogP contribution in [0.1, 0.15) is 105 Å². The van der Waals surface area contributed by atoms with Gasteiger partial charge in [-0.3, -0.25) is 9.69 Å². The van der Waals surface area contributed by atoms with Gasteiger partial charge in [-0.2, -0.15) is 18.4 Å². The summed E-state index contributed by atoms with van der Waals surface area (Å²) in [6.45, 7) is 18.1. The minimum absolute atomic E-state index is 0.106. The number of hydrogen-bond acceptors (Lipinski definition) is 7. The van der Waals surface area contributed by atoms with Crippen LogP contribution in [-0.4, -0.2) is 84.4 Å². The van der Waals surface area contributed by atoms with Crippen molar-refractivity contribution in [3.8, 4) is 6.07 Å². The van der Waals surface area contributed by atoms with Crippen LogP contribution in [0.3, 0.4) is 0 Å². The van der Waals surface area contributed by atoms with Gasteiger partial charge in [-0.1, -0.05) is 39.8 Å². The number of benzene rings is 1. The van der Waals surface area contributed by atoms with Gasteiger partial charge in [0.25, 0.3) is 0 Å². The third-order valence-electron chi connectivity index (χ3n) is 13.3. The van der Waals surface area contributed by atoms with E-state index in [1.54, 1.807) is 4.90 Å². The Kier molecular flexibility index (Phi) is 10.6. The highest BCUT2D eigenvalue weighted by Crippen LogP contribution is 2.65. The van der Waals surface area contributed by atoms with Crippen LogP contribution in [0, 0.1) is 39.9 Å². The lowest BCUT2D eigenvalue weighted by molar-refractivity contribution is -0.199. The third kappa shape index (κ3) is 7.86. The molecule has 0 aromatic heterocycles. The van der Waals surface area contributed by atoms with Crippen molar-refractivity contribution in [2.24, 2.45) is 28.6 Å². The van der Waals surface area contributed by atoms with Crippen LogP contribution in [0.5, 0.6) is 0 Å². The van der Waals surface area contributed by atoms with Crippen LogP contribution in [0.4, 0.5) is 18.0 Å². The Morgan fingerprint density at radius 3 is 2.44 bits per heavy atom. The molecule has 2 bridgehead atoms. The number of ether oxygens (including phenoxy) is 1. The number of nitrogens with one attached hydrogen (secondary N) is 1. The molecule has 286 valence electrons. The molecule has 52 heavy (non-hydrogen) atoms. The number of hydrogen-bond donors (Lipinski definition) is 1. The molecule has 1 N–H and O–H groups in total. The van der Waals surface area contributed by atoms with Crippen molar-refractivity contribution < 1.29 is 36.8 Å². The second kappa shape index (κ2) is 14.1. The number of carbonyl (C=O) groups excluding carboxylic acids is 2. The largest absolute Gasteiger partial charge is 0.482 e. The van der Waals surface area contributed by atoms with E-state index in [4.69, 9.17) is 14.0 Å². The molecule has 3 saturated heterocycles. The van der Waals surface area contributed by atoms with E-state index in [0.717, 1.165) is 44.5 Å². The molecule has 1 aromatic rings. The SMILES string of the molecule is CC1(C)CCN(C(C)(C)CCC(C#N)C(=O)N2CCC[C@H](OC(=O)N[C@@H](Cc3ccc(C(F)(F)F)cc3)B3O[C@@H]4C[C@@H]5C[C@@H](C5(C)C)[C@]4(C)O3)C2)C1. The molecule has 13 heteroatoms. The van der Waals surface area contributed by atoms with Crippen LogP contribution >= 0.6 is 0 Å². The van der Waals surface area contributed by atoms with Crippen molar-refractivity contribution in [3.05, 3.63) is 35.4 Å². The van der Waals surface area contributed by atoms with E-state index in [1.165, 1.54) is 12.1 Å². The van der Waals surface area contributed by atoms with Crippen molar-refractivity contribution in [3.63, 3.8) is 0 Å². The first-order chi connectivity index (χ1) is 24.2. The van der Waals surface area contributed by atoms with Gasteiger partial charge in [0.05, 0.1) is 35.8 Å². The zero-order valence-electron chi connectivity index (χ0n) is 31.9. The van der Waals surface area contributed by atoms with E-state index in [2.05, 4.69) is 64.8 Å². The lowest BCUT2D eigenvalue weighted by Crippen LogP contribution is -2.65. The molecule has 7 rings (SSSR count). The molecule has 1 aromatic carbocycles. The molecule has 3 saturated carbocycles. The average molecular weight is 729 g/mol. The predicted octanol–water partition coefficient (Wildman–Crippen LogP) is 7.03. The summed E-state index contributed by atoms with van der Waals surface area (Å²) in [5.74, 6) is -0.951. The van der Waals surface area contributed by atoms with Gasteiger partial charge in [-0.25, -0.2) is 4.79 Å². The zero-order valence-corrected chi connectivity index (χ0v) is 31.9. The van der Waals surface area contributed by atoms with Crippen LogP contribution in [0.15, 0.2) is 24.3 Å². The van der Waals surface area contributed by atoms with E-state index >= 15 is 0 Å². The normalized spacial score (nSPS) is 30.9. The fraction of sp³-hybridized carbons (Fsp3) is 0.769. The maximum atomic E-state index is 13.6. The smallest absolute Gasteiger partial charge is 0.444 e. The Morgan fingerprint density at radius 2 is 1.83 bits per heavy atom. The van der Waals surface area contributed by atoms with Crippen molar-refractivity contribution in [1.82, 2.24) is 15.1 Å². The number of likely N-dealkylation sites (tertiary alicyclic amines) is 2. The Labute approximate surface area is 307 Å². The van der Waals surface area contributed by atoms with E-state index in [-0.39, 0.29) is 47.3 Å². The molecular formula is C39H56BF3N4O5. The standard InChI is InChI=1S/C39H56BF3N4O5/c1-35(2)16-18-47(24-35)36(3,4)15-14-26(22-44)33(48)46-17-8-9-29(23-46)50-34(49)45-32(19-25-10-12-27(13-11-25)39(41,42)43)40-51-31-21-28-20-30(37(28,5)6)38(31,7)52-40/h10-13,26,28-32H,8-9,14-21,23-24H2,1-7H3,(H,45,49)/t26?,28-,29-,30-,31+,32-,38-/m0/s1. The van der Waals surface area contributed by atoms with Crippen LogP contribution in [0.2, 0.25) is 0 Å². The summed E-state index contributed by atoms with van der Waals surface area (Å²) in [5, 5.41) is 12.9. The number of carbonyl (C=O) groups is 2. The Balaban J connectivity index is 1.08. The van der Waals surface area contributed by atoms with Gasteiger partial charge < -0.3 is 24.3 Å². The zero-order chi connectivity index (χ0) is 37.9. The number of amides is 2. The molecule has 9 nitrogen and oxygen atoms in total. The molecule has 7 atom stereocenters. The van der Waals surface area contributed by atoms with Crippen molar-refractivity contribution in [2.45, 2.75) is 135 Å². The Bertz CT molecular complexity index is 1530. The molecular weight excluding hydrogens is 672 g/mol. The Morgan fingerprint density at radius 1 is 1.12 bits per heavy atom. The highest BCUT2D eigenvalue weighted by Gasteiger charge is 2.68. The fourth-order valence-electron chi connectivity index (χ4n) is 9.69. The van der Waals surface area contributed by atoms with Gasteiger partial charge in [0.1, 0.15) is 12.0 Å². The number of nitriles is 1. The summed E-state index contributed by atoms with van der Waals surface area (Å²) < 4.78 is 58.9. The molecule has 3 aliphatic carbocycles. The topological polar surface area (TPSA) is 104 Å². The summed E-state index contributed by atoms with van der Waals surface area (Å²) in [6.07, 6.45) is -0.362. The molecule has 6 fully saturated rings. The summed E-state index contributed by atoms with van der Waals surface area (Å²) >= 11 is 0. The number of piperidine rings is 1. The van der Waals surface area contributed by atoms with Gasteiger partial charge in [-0.05, 0) is 119 Å². The molecule has 6 aliphatic rings. The number of alkyl halides is 3. The highest BCUT2D eigenvalue weighted by molar-refractivity contribution is 6.47. The van der Waals surface area contributed by atoms with E-state index in [9.17, 15) is 28.0 Å². The minimum Gasteiger partial charge on any atom is -0.444 e. The Hall–Kier alpha value is -2.82. The maximum Gasteiger partial charge on any atom is 0.482 e. The average Bonchev–Trinajstić information content (AvgIpc) is 3.63. The van der Waals surface area contributed by atoms with Crippen molar-refractivity contribution >= 4 is 19.1 Å². The van der Waals surface area contributed by atoms with Crippen molar-refractivity contribution in [2.75, 3.05) is 26.2 Å². The molecule has 3 heterocycles. The summed E-state index contributed by atoms with van der Waals surface area (Å²) in [7, 11) is -0.823. The number of nitrogens with zero attached hydrogens (tertiary/aromatic N) is 3. The van der Waals surface area contributed by atoms with Crippen LogP contribution in [0.25, 0.3) is 0 Å². The number of alkyl carbamates (subject to hydrolysis) is 1. The van der Waals surface area contributed by atoms with E-state index < -0.39 is 48.5 Å². The molecule has 3 aliphatic heterocycles. The fourth-order valence-corrected chi connectivity index (χ4v) is 9.69. The second-order valence-corrected chi connectivity index (χ2v) is 18.3. The summed E-state index contributed by atoms with van der Waals surface area (Å²) in [5.41, 5.74) is -0.481. The van der Waals surface area contributed by atoms with Gasteiger partial charge in [0, 0.05) is 18.6 Å². The third-order valence-corrected chi connectivity index (χ3v) is 13.3. The first kappa shape index (κ1) is 38.9. The minimum atomic E-state index is -4.46. The first-order valence-corrected chi connectivity index (χ1v) is 19.1. The monoisotopic (exact) mass is 728 g/mol. The highest BCUT2D eigenvalue weighted by atomic mass is 19.4. The first-order valence-electron chi connectivity index (χ1n) is 19.1. The summed E-state index contributed by atoms with van der Waals surface area (Å²) in [4.78, 5) is 31.2. The van der Waals surface area contributed by atoms with Gasteiger partial charge in [0.2, 0.25) is 5.91 Å². The predicted molar refractivity (Wildman–Crippen MR) is 191 cm³/mol. The molecule has 0 spiro atoms. The van der Waals surface area contributed by atoms with E-state index in [0.29, 0.717) is 43.7 Å². The maximum absolute atomic E-state index is 13.6. The summed E-state index contributed by atoms with van der Waals surface area (Å²) in [6, 6.07) is 7.14. The van der Waals surface area contributed by atoms with Crippen LogP contribution < -0.4 is 5.32 Å². The van der Waals surface area contributed by atoms with Crippen LogP contribution in [-0.2, 0) is 31.4 Å². The molecule has 1 unspecified atom stereocenters. The quantitative estimate of drug-likeness (QED) is 0.258. The lowest BCUT2D eigenvalue weighted by atomic mass is 9.43. The second-order valence-electron chi connectivity index (χ2n) is 18.3. The number of halogens is 3. The van der Waals surface area contributed by atoms with Gasteiger partial charge in [0.15, 0.2) is 0 Å². The van der Waals surface area contributed by atoms with E-state index in [1.807, 2.05) is 0 Å². The number of rotatable bonds is 10. The molecule has 2 amide bonds. The molecule has 0 radical (unpaired) electrons.